The summed E-state index contributed by atoms with van der Waals surface area (Å²) in [4.78, 5) is 22.1. The van der Waals surface area contributed by atoms with Crippen molar-refractivity contribution in [3.05, 3.63) is 70.2 Å². The molecule has 1 aliphatic rings. The van der Waals surface area contributed by atoms with Crippen LogP contribution in [0.2, 0.25) is 5.02 Å². The number of anilines is 2. The summed E-state index contributed by atoms with van der Waals surface area (Å²) in [5, 5.41) is 14.3. The van der Waals surface area contributed by atoms with Crippen molar-refractivity contribution >= 4 is 39.7 Å². The Balaban J connectivity index is 1.26. The SMILES string of the molecule is O=C(CN1CCN(c2ccccc2O)CC1)Nc1ncc(Cc2ccccc2Cl)s1. The van der Waals surface area contributed by atoms with Gasteiger partial charge >= 0.3 is 0 Å². The van der Waals surface area contributed by atoms with Gasteiger partial charge in [0.2, 0.25) is 5.91 Å². The molecule has 1 saturated heterocycles. The predicted molar refractivity (Wildman–Crippen MR) is 122 cm³/mol. The number of nitrogens with one attached hydrogen (secondary N) is 1. The summed E-state index contributed by atoms with van der Waals surface area (Å²) in [5.41, 5.74) is 1.89. The summed E-state index contributed by atoms with van der Waals surface area (Å²) in [6.07, 6.45) is 2.48. The van der Waals surface area contributed by atoms with Crippen LogP contribution >= 0.6 is 22.9 Å². The maximum atomic E-state index is 12.4. The lowest BCUT2D eigenvalue weighted by Crippen LogP contribution is -2.48. The molecule has 1 aliphatic heterocycles. The van der Waals surface area contributed by atoms with Crippen molar-refractivity contribution in [1.29, 1.82) is 0 Å². The van der Waals surface area contributed by atoms with Crippen LogP contribution in [0.25, 0.3) is 0 Å². The van der Waals surface area contributed by atoms with E-state index in [4.69, 9.17) is 11.6 Å². The molecule has 0 aliphatic carbocycles. The van der Waals surface area contributed by atoms with E-state index in [0.717, 1.165) is 47.3 Å². The summed E-state index contributed by atoms with van der Waals surface area (Å²) >= 11 is 7.69. The fraction of sp³-hybridized carbons (Fsp3) is 0.273. The number of hydrogen-bond acceptors (Lipinski definition) is 6. The fourth-order valence-corrected chi connectivity index (χ4v) is 4.57. The Morgan fingerprint density at radius 3 is 2.60 bits per heavy atom. The summed E-state index contributed by atoms with van der Waals surface area (Å²) in [6, 6.07) is 15.1. The van der Waals surface area contributed by atoms with Crippen LogP contribution in [0.4, 0.5) is 10.8 Å². The highest BCUT2D eigenvalue weighted by Gasteiger charge is 2.21. The minimum atomic E-state index is -0.0651. The van der Waals surface area contributed by atoms with Gasteiger partial charge in [0.15, 0.2) is 5.13 Å². The molecule has 0 saturated carbocycles. The number of thiazole rings is 1. The normalized spacial score (nSPS) is 14.6. The Labute approximate surface area is 184 Å². The lowest BCUT2D eigenvalue weighted by Gasteiger charge is -2.35. The predicted octanol–water partition coefficient (Wildman–Crippen LogP) is 3.85. The largest absolute Gasteiger partial charge is 0.506 e. The molecule has 1 fully saturated rings. The van der Waals surface area contributed by atoms with Crippen molar-refractivity contribution in [3.63, 3.8) is 0 Å². The lowest BCUT2D eigenvalue weighted by atomic mass is 10.1. The number of benzene rings is 2. The van der Waals surface area contributed by atoms with Gasteiger partial charge in [-0.2, -0.15) is 0 Å². The number of para-hydroxylation sites is 2. The number of nitrogens with zero attached hydrogens (tertiary/aromatic N) is 3. The molecule has 30 heavy (non-hydrogen) atoms. The number of amides is 1. The molecule has 2 aromatic carbocycles. The first kappa shape index (κ1) is 20.7. The van der Waals surface area contributed by atoms with E-state index in [1.807, 2.05) is 42.5 Å². The number of aromatic nitrogens is 1. The highest BCUT2D eigenvalue weighted by atomic mass is 35.5. The Morgan fingerprint density at radius 2 is 1.83 bits per heavy atom. The van der Waals surface area contributed by atoms with Gasteiger partial charge in [0, 0.05) is 48.7 Å². The molecule has 156 valence electrons. The first-order valence-electron chi connectivity index (χ1n) is 9.82. The van der Waals surface area contributed by atoms with Crippen molar-refractivity contribution in [2.24, 2.45) is 0 Å². The number of carbonyl (C=O) groups excluding carboxylic acids is 1. The number of hydrogen-bond donors (Lipinski definition) is 2. The fourth-order valence-electron chi connectivity index (χ4n) is 3.52. The number of phenolic OH excluding ortho intramolecular Hbond substituents is 1. The van der Waals surface area contributed by atoms with E-state index in [1.54, 1.807) is 12.3 Å². The number of carbonyl (C=O) groups is 1. The van der Waals surface area contributed by atoms with Crippen LogP contribution in [0, 0.1) is 0 Å². The maximum Gasteiger partial charge on any atom is 0.240 e. The highest BCUT2D eigenvalue weighted by molar-refractivity contribution is 7.15. The molecule has 0 bridgehead atoms. The van der Waals surface area contributed by atoms with E-state index in [-0.39, 0.29) is 5.91 Å². The van der Waals surface area contributed by atoms with E-state index < -0.39 is 0 Å². The molecule has 1 amide bonds. The van der Waals surface area contributed by atoms with Crippen molar-refractivity contribution in [3.8, 4) is 5.75 Å². The van der Waals surface area contributed by atoms with Crippen molar-refractivity contribution in [2.45, 2.75) is 6.42 Å². The van der Waals surface area contributed by atoms with Gasteiger partial charge in [-0.05, 0) is 23.8 Å². The number of piperazine rings is 1. The summed E-state index contributed by atoms with van der Waals surface area (Å²) in [7, 11) is 0. The van der Waals surface area contributed by atoms with Crippen molar-refractivity contribution in [2.75, 3.05) is 42.9 Å². The van der Waals surface area contributed by atoms with E-state index in [0.29, 0.717) is 23.8 Å². The zero-order chi connectivity index (χ0) is 20.9. The molecule has 0 radical (unpaired) electrons. The summed E-state index contributed by atoms with van der Waals surface area (Å²) < 4.78 is 0. The van der Waals surface area contributed by atoms with Gasteiger partial charge in [-0.25, -0.2) is 4.98 Å². The maximum absolute atomic E-state index is 12.4. The third kappa shape index (κ3) is 5.11. The van der Waals surface area contributed by atoms with E-state index in [1.165, 1.54) is 11.3 Å². The molecule has 2 N–H and O–H groups in total. The molecule has 2 heterocycles. The van der Waals surface area contributed by atoms with Gasteiger partial charge in [-0.15, -0.1) is 11.3 Å². The third-order valence-electron chi connectivity index (χ3n) is 5.08. The van der Waals surface area contributed by atoms with Crippen LogP contribution in [0.15, 0.2) is 54.7 Å². The Morgan fingerprint density at radius 1 is 1.10 bits per heavy atom. The van der Waals surface area contributed by atoms with Gasteiger partial charge in [0.25, 0.3) is 0 Å². The van der Waals surface area contributed by atoms with Gasteiger partial charge in [-0.1, -0.05) is 41.9 Å². The molecule has 6 nitrogen and oxygen atoms in total. The monoisotopic (exact) mass is 442 g/mol. The van der Waals surface area contributed by atoms with E-state index >= 15 is 0 Å². The molecular formula is C22H23ClN4O2S. The molecule has 0 atom stereocenters. The summed E-state index contributed by atoms with van der Waals surface area (Å²) in [5.74, 6) is 0.227. The molecular weight excluding hydrogens is 420 g/mol. The van der Waals surface area contributed by atoms with Crippen LogP contribution < -0.4 is 10.2 Å². The topological polar surface area (TPSA) is 68.7 Å². The van der Waals surface area contributed by atoms with Crippen LogP contribution in [-0.4, -0.2) is 53.6 Å². The zero-order valence-electron chi connectivity index (χ0n) is 16.4. The van der Waals surface area contributed by atoms with Crippen molar-refractivity contribution in [1.82, 2.24) is 9.88 Å². The third-order valence-corrected chi connectivity index (χ3v) is 6.37. The van der Waals surface area contributed by atoms with Crippen LogP contribution in [0.3, 0.4) is 0 Å². The molecule has 4 rings (SSSR count). The smallest absolute Gasteiger partial charge is 0.240 e. The van der Waals surface area contributed by atoms with E-state index in [2.05, 4.69) is 20.1 Å². The van der Waals surface area contributed by atoms with Crippen LogP contribution in [0.5, 0.6) is 5.75 Å². The average Bonchev–Trinajstić information content (AvgIpc) is 3.17. The number of phenols is 1. The Hall–Kier alpha value is -2.61. The average molecular weight is 443 g/mol. The minimum Gasteiger partial charge on any atom is -0.506 e. The lowest BCUT2D eigenvalue weighted by molar-refractivity contribution is -0.117. The quantitative estimate of drug-likeness (QED) is 0.606. The van der Waals surface area contributed by atoms with Gasteiger partial charge in [0.05, 0.1) is 12.2 Å². The number of halogens is 1. The molecule has 0 unspecified atom stereocenters. The second-order valence-corrected chi connectivity index (χ2v) is 8.72. The van der Waals surface area contributed by atoms with Gasteiger partial charge in [-0.3, -0.25) is 9.69 Å². The van der Waals surface area contributed by atoms with E-state index in [9.17, 15) is 9.90 Å². The van der Waals surface area contributed by atoms with Crippen LogP contribution in [0.1, 0.15) is 10.4 Å². The van der Waals surface area contributed by atoms with Gasteiger partial charge < -0.3 is 15.3 Å². The van der Waals surface area contributed by atoms with Crippen LogP contribution in [-0.2, 0) is 11.2 Å². The minimum absolute atomic E-state index is 0.0651. The molecule has 8 heteroatoms. The highest BCUT2D eigenvalue weighted by Crippen LogP contribution is 2.27. The molecule has 3 aromatic rings. The number of rotatable bonds is 6. The first-order valence-corrected chi connectivity index (χ1v) is 11.0. The molecule has 1 aromatic heterocycles. The second kappa shape index (κ2) is 9.47. The standard InChI is InChI=1S/C22H23ClN4O2S/c23-18-6-2-1-5-16(18)13-17-14-24-22(30-17)25-21(29)15-26-9-11-27(12-10-26)19-7-3-4-8-20(19)28/h1-8,14,28H,9-13,15H2,(H,24,25,29). The number of aromatic hydroxyl groups is 1. The zero-order valence-corrected chi connectivity index (χ0v) is 18.0. The van der Waals surface area contributed by atoms with Gasteiger partial charge in [0.1, 0.15) is 5.75 Å². The second-order valence-electron chi connectivity index (χ2n) is 7.20. The Bertz CT molecular complexity index is 1020. The van der Waals surface area contributed by atoms with Crippen molar-refractivity contribution < 1.29 is 9.90 Å². The first-order chi connectivity index (χ1) is 14.6. The molecule has 0 spiro atoms. The summed E-state index contributed by atoms with van der Waals surface area (Å²) in [6.45, 7) is 3.39. The Kier molecular flexibility index (Phi) is 6.52.